The van der Waals surface area contributed by atoms with Crippen molar-refractivity contribution in [3.05, 3.63) is 34.1 Å². The van der Waals surface area contributed by atoms with Gasteiger partial charge in [0.25, 0.3) is 0 Å². The van der Waals surface area contributed by atoms with Gasteiger partial charge in [0, 0.05) is 4.47 Å². The Labute approximate surface area is 113 Å². The maximum atomic E-state index is 13.7. The van der Waals surface area contributed by atoms with Gasteiger partial charge in [-0.2, -0.15) is 0 Å². The normalized spacial score (nSPS) is 15.6. The number of benzene rings is 1. The lowest BCUT2D eigenvalue weighted by Gasteiger charge is -2.25. The smallest absolute Gasteiger partial charge is 0.126 e. The summed E-state index contributed by atoms with van der Waals surface area (Å²) in [4.78, 5) is 0. The molecule has 2 atom stereocenters. The first-order chi connectivity index (χ1) is 7.74. The minimum Gasteiger partial charge on any atom is -0.251 e. The average Bonchev–Trinajstić information content (AvgIpc) is 2.20. The summed E-state index contributed by atoms with van der Waals surface area (Å²) in [7, 11) is -1.42. The van der Waals surface area contributed by atoms with Gasteiger partial charge < -0.3 is 0 Å². The van der Waals surface area contributed by atoms with Crippen molar-refractivity contribution in [3.63, 3.8) is 0 Å². The van der Waals surface area contributed by atoms with Crippen LogP contribution in [-0.4, -0.2) is 8.96 Å². The zero-order valence-electron chi connectivity index (χ0n) is 10.2. The standard InChI is InChI=1S/C12H17BrFNOS/c1-8(7-12(2,3)17(15)16)10-6-9(13)4-5-11(10)14/h4-6,8H,7,15H2,1-3H3/t8-,17?/m0/s1. The molecule has 1 aromatic carbocycles. The van der Waals surface area contributed by atoms with Crippen LogP contribution in [0.3, 0.4) is 0 Å². The molecule has 0 radical (unpaired) electrons. The third-order valence-corrected chi connectivity index (χ3v) is 4.58. The fourth-order valence-electron chi connectivity index (χ4n) is 1.82. The zero-order valence-corrected chi connectivity index (χ0v) is 12.6. The Morgan fingerprint density at radius 2 is 2.12 bits per heavy atom. The van der Waals surface area contributed by atoms with Gasteiger partial charge in [0.15, 0.2) is 0 Å². The topological polar surface area (TPSA) is 43.1 Å². The lowest BCUT2D eigenvalue weighted by molar-refractivity contribution is 0.516. The fraction of sp³-hybridized carbons (Fsp3) is 0.500. The van der Waals surface area contributed by atoms with Gasteiger partial charge >= 0.3 is 0 Å². The minimum atomic E-state index is -1.42. The molecule has 0 saturated carbocycles. The van der Waals surface area contributed by atoms with E-state index in [0.717, 1.165) is 4.47 Å². The lowest BCUT2D eigenvalue weighted by atomic mass is 9.91. The van der Waals surface area contributed by atoms with Crippen LogP contribution in [0.15, 0.2) is 22.7 Å². The van der Waals surface area contributed by atoms with E-state index in [1.807, 2.05) is 20.8 Å². The monoisotopic (exact) mass is 321 g/mol. The van der Waals surface area contributed by atoms with Crippen LogP contribution < -0.4 is 5.14 Å². The van der Waals surface area contributed by atoms with E-state index >= 15 is 0 Å². The fourth-order valence-corrected chi connectivity index (χ4v) is 2.61. The van der Waals surface area contributed by atoms with Crippen molar-refractivity contribution in [1.29, 1.82) is 0 Å². The predicted octanol–water partition coefficient (Wildman–Crippen LogP) is 3.48. The van der Waals surface area contributed by atoms with Crippen LogP contribution in [0.5, 0.6) is 0 Å². The van der Waals surface area contributed by atoms with Crippen LogP contribution in [0.25, 0.3) is 0 Å². The van der Waals surface area contributed by atoms with E-state index in [1.165, 1.54) is 6.07 Å². The van der Waals surface area contributed by atoms with Crippen LogP contribution in [0.1, 0.15) is 38.7 Å². The summed E-state index contributed by atoms with van der Waals surface area (Å²) in [6.07, 6.45) is 0.573. The maximum Gasteiger partial charge on any atom is 0.126 e. The minimum absolute atomic E-state index is 0.0324. The molecule has 0 bridgehead atoms. The molecule has 2 nitrogen and oxygen atoms in total. The van der Waals surface area contributed by atoms with Gasteiger partial charge in [-0.3, -0.25) is 5.14 Å². The quantitative estimate of drug-likeness (QED) is 0.906. The summed E-state index contributed by atoms with van der Waals surface area (Å²) in [5, 5.41) is 5.43. The van der Waals surface area contributed by atoms with Gasteiger partial charge in [-0.15, -0.1) is 0 Å². The number of hydrogen-bond donors (Lipinski definition) is 1. The summed E-state index contributed by atoms with van der Waals surface area (Å²) in [6.45, 7) is 5.57. The molecular weight excluding hydrogens is 305 g/mol. The number of halogens is 2. The summed E-state index contributed by atoms with van der Waals surface area (Å²) in [5.41, 5.74) is 0.623. The van der Waals surface area contributed by atoms with Crippen molar-refractivity contribution in [2.24, 2.45) is 5.14 Å². The summed E-state index contributed by atoms with van der Waals surface area (Å²) in [6, 6.07) is 4.86. The van der Waals surface area contributed by atoms with E-state index in [-0.39, 0.29) is 11.7 Å². The number of hydrogen-bond acceptors (Lipinski definition) is 1. The molecule has 5 heteroatoms. The van der Waals surface area contributed by atoms with Crippen molar-refractivity contribution in [1.82, 2.24) is 0 Å². The van der Waals surface area contributed by atoms with E-state index in [1.54, 1.807) is 12.1 Å². The van der Waals surface area contributed by atoms with Crippen molar-refractivity contribution in [3.8, 4) is 0 Å². The highest BCUT2D eigenvalue weighted by atomic mass is 79.9. The third-order valence-electron chi connectivity index (χ3n) is 2.83. The predicted molar refractivity (Wildman–Crippen MR) is 73.5 cm³/mol. The Balaban J connectivity index is 2.94. The Morgan fingerprint density at radius 3 is 2.65 bits per heavy atom. The molecule has 1 aromatic rings. The first-order valence-electron chi connectivity index (χ1n) is 5.35. The molecule has 96 valence electrons. The van der Waals surface area contributed by atoms with Crippen molar-refractivity contribution in [2.45, 2.75) is 37.9 Å². The van der Waals surface area contributed by atoms with Gasteiger partial charge in [-0.05, 0) is 49.9 Å². The second-order valence-electron chi connectivity index (χ2n) is 4.83. The van der Waals surface area contributed by atoms with Crippen LogP contribution >= 0.6 is 15.9 Å². The SMILES string of the molecule is C[C@@H](CC(C)(C)S(N)=O)c1cc(Br)ccc1F. The van der Waals surface area contributed by atoms with E-state index in [4.69, 9.17) is 5.14 Å². The Hall–Kier alpha value is -0.260. The van der Waals surface area contributed by atoms with Gasteiger partial charge in [-0.1, -0.05) is 22.9 Å². The molecule has 0 aromatic heterocycles. The molecule has 0 aliphatic heterocycles. The van der Waals surface area contributed by atoms with Gasteiger partial charge in [-0.25, -0.2) is 8.60 Å². The molecule has 0 aliphatic rings. The molecule has 17 heavy (non-hydrogen) atoms. The maximum absolute atomic E-state index is 13.7. The van der Waals surface area contributed by atoms with Crippen LogP contribution in [0.4, 0.5) is 4.39 Å². The molecule has 1 unspecified atom stereocenters. The molecule has 0 aliphatic carbocycles. The molecule has 1 rings (SSSR count). The third kappa shape index (κ3) is 3.86. The first-order valence-corrected chi connectivity index (χ1v) is 7.36. The second-order valence-corrected chi connectivity index (χ2v) is 7.44. The second kappa shape index (κ2) is 5.59. The molecule has 0 spiro atoms. The molecule has 0 heterocycles. The highest BCUT2D eigenvalue weighted by Crippen LogP contribution is 2.31. The lowest BCUT2D eigenvalue weighted by Crippen LogP contribution is -2.33. The van der Waals surface area contributed by atoms with Gasteiger partial charge in [0.05, 0.1) is 15.7 Å². The van der Waals surface area contributed by atoms with Gasteiger partial charge in [0.1, 0.15) is 5.82 Å². The number of nitrogens with two attached hydrogens (primary N) is 1. The van der Waals surface area contributed by atoms with E-state index in [9.17, 15) is 8.60 Å². The largest absolute Gasteiger partial charge is 0.251 e. The molecule has 0 amide bonds. The summed E-state index contributed by atoms with van der Waals surface area (Å²) >= 11 is 3.32. The number of rotatable bonds is 4. The van der Waals surface area contributed by atoms with Crippen LogP contribution in [0, 0.1) is 5.82 Å². The highest BCUT2D eigenvalue weighted by Gasteiger charge is 2.27. The van der Waals surface area contributed by atoms with Crippen LogP contribution in [-0.2, 0) is 11.0 Å². The molecule has 2 N–H and O–H groups in total. The summed E-state index contributed by atoms with van der Waals surface area (Å²) < 4.78 is 25.4. The summed E-state index contributed by atoms with van der Waals surface area (Å²) in [5.74, 6) is -0.269. The van der Waals surface area contributed by atoms with E-state index in [0.29, 0.717) is 12.0 Å². The molecule has 0 fully saturated rings. The van der Waals surface area contributed by atoms with Crippen molar-refractivity contribution >= 4 is 26.9 Å². The zero-order chi connectivity index (χ0) is 13.2. The Bertz CT molecular complexity index is 437. The Kier molecular flexibility index (Phi) is 4.86. The van der Waals surface area contributed by atoms with Crippen molar-refractivity contribution < 1.29 is 8.60 Å². The molecular formula is C12H17BrFNOS. The van der Waals surface area contributed by atoms with E-state index < -0.39 is 15.7 Å². The molecule has 0 saturated heterocycles. The first kappa shape index (κ1) is 14.8. The van der Waals surface area contributed by atoms with Crippen LogP contribution in [0.2, 0.25) is 0 Å². The highest BCUT2D eigenvalue weighted by molar-refractivity contribution is 9.10. The van der Waals surface area contributed by atoms with E-state index in [2.05, 4.69) is 15.9 Å². The van der Waals surface area contributed by atoms with Crippen molar-refractivity contribution in [2.75, 3.05) is 0 Å². The Morgan fingerprint density at radius 1 is 1.53 bits per heavy atom. The van der Waals surface area contributed by atoms with Gasteiger partial charge in [0.2, 0.25) is 0 Å². The average molecular weight is 322 g/mol.